The molecule has 0 rings (SSSR count). The van der Waals surface area contributed by atoms with Gasteiger partial charge in [-0.15, -0.1) is 0 Å². The number of rotatable bonds is 0. The van der Waals surface area contributed by atoms with E-state index in [1.807, 2.05) is 0 Å². The van der Waals surface area contributed by atoms with Crippen LogP contribution in [0.3, 0.4) is 0 Å². The summed E-state index contributed by atoms with van der Waals surface area (Å²) in [6, 6.07) is 0. The second-order valence-corrected chi connectivity index (χ2v) is 2.68. The van der Waals surface area contributed by atoms with E-state index in [0.29, 0.717) is 0 Å². The van der Waals surface area contributed by atoms with Crippen molar-refractivity contribution in [3.63, 3.8) is 0 Å². The Morgan fingerprint density at radius 1 is 0.692 bits per heavy atom. The van der Waals surface area contributed by atoms with E-state index in [9.17, 15) is 0 Å². The van der Waals surface area contributed by atoms with Gasteiger partial charge in [-0.3, -0.25) is 0 Å². The van der Waals surface area contributed by atoms with Crippen LogP contribution in [0.25, 0.3) is 0 Å². The third-order valence-electron chi connectivity index (χ3n) is 0. The van der Waals surface area contributed by atoms with Crippen LogP contribution in [0.2, 0.25) is 0 Å². The molecule has 0 bridgehead atoms. The molecule has 0 aromatic heterocycles. The number of hydrogen-bond acceptors (Lipinski definition) is 8. The fourth-order valence-corrected chi connectivity index (χ4v) is 0. The first kappa shape index (κ1) is 29.4. The zero-order valence-corrected chi connectivity index (χ0v) is 9.71. The van der Waals surface area contributed by atoms with Crippen LogP contribution in [0.5, 0.6) is 0 Å². The Labute approximate surface area is 106 Å². The molecule has 0 N–H and O–H groups in total. The molecule has 0 fully saturated rings. The Bertz CT molecular complexity index is 134. The smallest absolute Gasteiger partial charge is 0.822 e. The first-order valence-corrected chi connectivity index (χ1v) is 4.38. The summed E-state index contributed by atoms with van der Waals surface area (Å²) in [5, 5.41) is 0. The van der Waals surface area contributed by atoms with Crippen molar-refractivity contribution in [2.75, 3.05) is 0 Å². The van der Waals surface area contributed by atoms with Gasteiger partial charge < -0.3 is 38.5 Å². The van der Waals surface area contributed by atoms with Crippen LogP contribution < -0.4 is 48.2 Å². The number of phosphoric acid groups is 2. The van der Waals surface area contributed by atoms with E-state index in [2.05, 4.69) is 0 Å². The zero-order chi connectivity index (χ0) is 9.00. The first-order chi connectivity index (χ1) is 4.00. The molecule has 0 aromatic carbocycles. The molecular weight excluding hydrogens is 311 g/mol. The summed E-state index contributed by atoms with van der Waals surface area (Å²) >= 11 is 0. The quantitative estimate of drug-likeness (QED) is 0.313. The zero-order valence-electron chi connectivity index (χ0n) is 5.83. The van der Waals surface area contributed by atoms with Crippen LogP contribution in [-0.2, 0) is 42.7 Å². The molecule has 0 aliphatic heterocycles. The van der Waals surface area contributed by atoms with Crippen LogP contribution in [0.1, 0.15) is 0 Å². The van der Waals surface area contributed by atoms with E-state index >= 15 is 0 Å². The van der Waals surface area contributed by atoms with Crippen molar-refractivity contribution in [1.29, 1.82) is 0 Å². The molecule has 0 unspecified atom stereocenters. The molecule has 1 radical (unpaired) electrons. The minimum atomic E-state index is -5.39. The fraction of sp³-hybridized carbons (Fsp3) is 0. The van der Waals surface area contributed by atoms with Gasteiger partial charge in [-0.2, -0.15) is 15.6 Å². The molecule has 0 aliphatic rings. The number of hydrogen-bond donors (Lipinski definition) is 0. The van der Waals surface area contributed by atoms with Crippen LogP contribution in [0.15, 0.2) is 0 Å². The van der Waals surface area contributed by atoms with Crippen molar-refractivity contribution in [1.82, 2.24) is 0 Å². The van der Waals surface area contributed by atoms with Gasteiger partial charge in [0, 0.05) is 0 Å². The van der Waals surface area contributed by atoms with E-state index in [-0.39, 0.29) is 52.4 Å². The third-order valence-corrected chi connectivity index (χ3v) is 0. The van der Waals surface area contributed by atoms with Gasteiger partial charge in [0.15, 0.2) is 0 Å². The van der Waals surface area contributed by atoms with Gasteiger partial charge in [-0.1, -0.05) is 0 Å². The van der Waals surface area contributed by atoms with E-state index in [1.165, 1.54) is 0 Å². The van der Waals surface area contributed by atoms with E-state index in [1.54, 1.807) is 0 Å². The topological polar surface area (TPSA) is 172 Å². The Hall–Kier alpha value is 1.83. The summed E-state index contributed by atoms with van der Waals surface area (Å²) in [5.41, 5.74) is 0. The molecule has 77 valence electrons. The molecule has 0 aromatic rings. The van der Waals surface area contributed by atoms with Crippen molar-refractivity contribution in [3.8, 4) is 0 Å². The van der Waals surface area contributed by atoms with Gasteiger partial charge in [-0.25, -0.2) is 0 Å². The molecule has 0 spiro atoms. The van der Waals surface area contributed by atoms with Gasteiger partial charge in [0.05, 0.1) is 0 Å². The van der Waals surface area contributed by atoms with Crippen molar-refractivity contribution >= 4 is 15.6 Å². The normalized spacial score (nSPS) is 9.08. The molecule has 13 heavy (non-hydrogen) atoms. The molecule has 8 nitrogen and oxygen atoms in total. The molecule has 0 aliphatic carbocycles. The average molecular weight is 311 g/mol. The maximum atomic E-state index is 8.55. The summed E-state index contributed by atoms with van der Waals surface area (Å²) < 4.78 is 17.1. The maximum Gasteiger partial charge on any atom is 3.00 e. The molecule has 0 heterocycles. The molecule has 0 atom stereocenters. The van der Waals surface area contributed by atoms with Gasteiger partial charge in [0.2, 0.25) is 0 Å². The summed E-state index contributed by atoms with van der Waals surface area (Å²) in [4.78, 5) is 51.3. The van der Waals surface area contributed by atoms with Gasteiger partial charge in [0.25, 0.3) is 0 Å². The Morgan fingerprint density at radius 2 is 0.692 bits per heavy atom. The second kappa shape index (κ2) is 11.9. The summed E-state index contributed by atoms with van der Waals surface area (Å²) in [7, 11) is -10.8. The van der Waals surface area contributed by atoms with Crippen molar-refractivity contribution < 1.29 is 90.9 Å². The van der Waals surface area contributed by atoms with E-state index in [4.69, 9.17) is 38.5 Å². The minimum Gasteiger partial charge on any atom is -0.822 e. The largest absolute Gasteiger partial charge is 3.00 e. The Morgan fingerprint density at radius 3 is 0.692 bits per heavy atom. The predicted octanol–water partition coefficient (Wildman–Crippen LogP) is -8.65. The average Bonchev–Trinajstić information content (AvgIpc) is 1.12. The minimum absolute atomic E-state index is 0. The Kier molecular flexibility index (Phi) is 26.9. The SMILES string of the molecule is O=P([O-])([O-])[O-].O=P([O-])([O-])[O-].[Fe+3].[Li+].[Ni+2]. The Balaban J connectivity index is -0.0000000267. The summed E-state index contributed by atoms with van der Waals surface area (Å²) in [6.45, 7) is 0. The monoisotopic (exact) mass is 311 g/mol. The third kappa shape index (κ3) is 578. The van der Waals surface area contributed by atoms with Gasteiger partial charge in [-0.05, 0) is 0 Å². The van der Waals surface area contributed by atoms with Gasteiger partial charge in [0.1, 0.15) is 0 Å². The van der Waals surface area contributed by atoms with Gasteiger partial charge >= 0.3 is 52.4 Å². The maximum absolute atomic E-state index is 8.55. The summed E-state index contributed by atoms with van der Waals surface area (Å²) in [6.07, 6.45) is 0. The molecule has 0 amide bonds. The van der Waals surface area contributed by atoms with Crippen molar-refractivity contribution in [2.24, 2.45) is 0 Å². The fourth-order valence-electron chi connectivity index (χ4n) is 0. The molecule has 0 saturated carbocycles. The van der Waals surface area contributed by atoms with E-state index < -0.39 is 15.6 Å². The van der Waals surface area contributed by atoms with Crippen LogP contribution >= 0.6 is 15.6 Å². The second-order valence-electron chi connectivity index (χ2n) is 0.894. The van der Waals surface area contributed by atoms with E-state index in [0.717, 1.165) is 0 Å². The molecular formula is FeLiNiO8P2. The standard InChI is InChI=1S/Fe.Li.Ni.2H3O4P/c;;;2*1-5(2,3)4/h;;;2*(H3,1,2,3,4)/q+3;+1;+2;;/p-6. The summed E-state index contributed by atoms with van der Waals surface area (Å²) in [5.74, 6) is 0. The van der Waals surface area contributed by atoms with Crippen molar-refractivity contribution in [2.45, 2.75) is 0 Å². The van der Waals surface area contributed by atoms with Crippen LogP contribution in [-0.4, -0.2) is 0 Å². The van der Waals surface area contributed by atoms with Crippen molar-refractivity contribution in [3.05, 3.63) is 0 Å². The first-order valence-electron chi connectivity index (χ1n) is 1.46. The van der Waals surface area contributed by atoms with Crippen LogP contribution in [0.4, 0.5) is 0 Å². The molecule has 13 heteroatoms. The van der Waals surface area contributed by atoms with Crippen LogP contribution in [0, 0.1) is 0 Å². The predicted molar refractivity (Wildman–Crippen MR) is 15.2 cm³/mol. The molecule has 0 saturated heterocycles.